The number of nitrogens with zero attached hydrogens (tertiary/aromatic N) is 2. The average Bonchev–Trinajstić information content (AvgIpc) is 3.23. The number of aliphatic hydroxyl groups is 1. The van der Waals surface area contributed by atoms with Crippen LogP contribution in [0.15, 0.2) is 42.5 Å². The molecule has 5 rings (SSSR count). The molecule has 3 amide bonds. The number of likely N-dealkylation sites (N-methyl/N-ethyl adjacent to an activating group) is 1. The van der Waals surface area contributed by atoms with Gasteiger partial charge in [-0.3, -0.25) is 4.79 Å². The van der Waals surface area contributed by atoms with Crippen LogP contribution in [0.2, 0.25) is 0 Å². The van der Waals surface area contributed by atoms with Gasteiger partial charge in [-0.25, -0.2) is 9.18 Å². The van der Waals surface area contributed by atoms with Crippen LogP contribution in [-0.2, 0) is 9.53 Å². The number of urea groups is 1. The number of fused-ring (bicyclic) bond motifs is 3. The largest absolute Gasteiger partial charge is 0.487 e. The van der Waals surface area contributed by atoms with Crippen LogP contribution in [0.5, 0.6) is 5.75 Å². The zero-order valence-electron chi connectivity index (χ0n) is 20.2. The monoisotopic (exact) mass is 498 g/mol. The second-order valence-corrected chi connectivity index (χ2v) is 9.63. The van der Waals surface area contributed by atoms with E-state index >= 15 is 0 Å². The highest BCUT2D eigenvalue weighted by atomic mass is 19.1. The topological polar surface area (TPSA) is 103 Å². The van der Waals surface area contributed by atoms with E-state index in [1.54, 1.807) is 12.1 Å². The maximum atomic E-state index is 13.1. The summed E-state index contributed by atoms with van der Waals surface area (Å²) in [4.78, 5) is 29.4. The molecule has 0 aromatic heterocycles. The van der Waals surface area contributed by atoms with Crippen molar-refractivity contribution >= 4 is 23.3 Å². The lowest BCUT2D eigenvalue weighted by Gasteiger charge is -2.38. The first-order valence-electron chi connectivity index (χ1n) is 12.3. The van der Waals surface area contributed by atoms with E-state index in [9.17, 15) is 19.1 Å². The van der Waals surface area contributed by atoms with Gasteiger partial charge in [0, 0.05) is 49.0 Å². The Morgan fingerprint density at radius 2 is 1.75 bits per heavy atom. The van der Waals surface area contributed by atoms with Crippen LogP contribution in [0.1, 0.15) is 24.3 Å². The third kappa shape index (κ3) is 5.30. The maximum absolute atomic E-state index is 13.1. The molecule has 3 heterocycles. The van der Waals surface area contributed by atoms with Gasteiger partial charge in [0.15, 0.2) is 0 Å². The summed E-state index contributed by atoms with van der Waals surface area (Å²) in [6.07, 6.45) is -0.387. The second-order valence-electron chi connectivity index (χ2n) is 9.63. The zero-order chi connectivity index (χ0) is 25.2. The molecule has 2 aromatic carbocycles. The normalized spacial score (nSPS) is 25.5. The van der Waals surface area contributed by atoms with Crippen LogP contribution in [0, 0.1) is 5.82 Å². The quantitative estimate of drug-likeness (QED) is 0.586. The van der Waals surface area contributed by atoms with E-state index in [0.29, 0.717) is 36.6 Å². The highest BCUT2D eigenvalue weighted by molar-refractivity contribution is 5.99. The van der Waals surface area contributed by atoms with Crippen molar-refractivity contribution in [1.82, 2.24) is 9.80 Å². The van der Waals surface area contributed by atoms with Gasteiger partial charge in [0.25, 0.3) is 0 Å². The van der Waals surface area contributed by atoms with Crippen LogP contribution in [0.3, 0.4) is 0 Å². The standard InChI is InChI=1S/C26H31FN4O5/c1-30-8-10-31(11-9-30)24(33)14-19-13-21-20-12-18(6-7-22(20)36-25(21)23(15-32)35-19)29-26(34)28-17-4-2-16(27)3-5-17/h2-7,12,19,21,23,25,32H,8-11,13-15H2,1H3,(H2,28,29,34)/t19-,21-,23-,25+/m1/s1. The lowest BCUT2D eigenvalue weighted by Crippen LogP contribution is -2.50. The average molecular weight is 499 g/mol. The number of amides is 3. The van der Waals surface area contributed by atoms with Gasteiger partial charge in [0.1, 0.15) is 23.8 Å². The Hall–Kier alpha value is -3.21. The van der Waals surface area contributed by atoms with Gasteiger partial charge in [0.05, 0.1) is 19.1 Å². The van der Waals surface area contributed by atoms with Gasteiger partial charge in [0.2, 0.25) is 5.91 Å². The lowest BCUT2D eigenvalue weighted by molar-refractivity contribution is -0.150. The van der Waals surface area contributed by atoms with Crippen LogP contribution < -0.4 is 15.4 Å². The summed E-state index contributed by atoms with van der Waals surface area (Å²) in [5.41, 5.74) is 1.97. The van der Waals surface area contributed by atoms with E-state index < -0.39 is 12.1 Å². The summed E-state index contributed by atoms with van der Waals surface area (Å²) >= 11 is 0. The van der Waals surface area contributed by atoms with Crippen molar-refractivity contribution in [3.05, 3.63) is 53.8 Å². The molecule has 2 fully saturated rings. The van der Waals surface area contributed by atoms with E-state index in [1.165, 1.54) is 24.3 Å². The van der Waals surface area contributed by atoms with Crippen LogP contribution in [0.4, 0.5) is 20.6 Å². The fourth-order valence-electron chi connectivity index (χ4n) is 5.17. The Morgan fingerprint density at radius 3 is 2.47 bits per heavy atom. The molecule has 192 valence electrons. The predicted octanol–water partition coefficient (Wildman–Crippen LogP) is 2.63. The van der Waals surface area contributed by atoms with Crippen molar-refractivity contribution in [3.63, 3.8) is 0 Å². The number of rotatable bonds is 5. The number of piperazine rings is 1. The van der Waals surface area contributed by atoms with Crippen LogP contribution in [-0.4, -0.2) is 85.0 Å². The first kappa shape index (κ1) is 24.5. The Labute approximate surface area is 209 Å². The molecule has 0 radical (unpaired) electrons. The molecule has 0 bridgehead atoms. The Balaban J connectivity index is 1.26. The van der Waals surface area contributed by atoms with Crippen LogP contribution in [0.25, 0.3) is 0 Å². The molecule has 36 heavy (non-hydrogen) atoms. The second kappa shape index (κ2) is 10.4. The molecule has 4 atom stereocenters. The molecule has 0 saturated carbocycles. The Bertz CT molecular complexity index is 1110. The third-order valence-corrected chi connectivity index (χ3v) is 7.12. The molecule has 3 N–H and O–H groups in total. The smallest absolute Gasteiger partial charge is 0.323 e. The summed E-state index contributed by atoms with van der Waals surface area (Å²) in [5.74, 6) is 0.297. The molecule has 0 unspecified atom stereocenters. The molecule has 0 spiro atoms. The van der Waals surface area contributed by atoms with Crippen LogP contribution >= 0.6 is 0 Å². The van der Waals surface area contributed by atoms with E-state index in [1.807, 2.05) is 18.0 Å². The molecule has 9 nitrogen and oxygen atoms in total. The van der Waals surface area contributed by atoms with Gasteiger partial charge < -0.3 is 35.0 Å². The number of nitrogens with one attached hydrogen (secondary N) is 2. The van der Waals surface area contributed by atoms with Gasteiger partial charge in [-0.2, -0.15) is 0 Å². The number of hydrogen-bond donors (Lipinski definition) is 3. The van der Waals surface area contributed by atoms with E-state index in [4.69, 9.17) is 9.47 Å². The minimum atomic E-state index is -0.542. The zero-order valence-corrected chi connectivity index (χ0v) is 20.2. The first-order chi connectivity index (χ1) is 17.4. The van der Waals surface area contributed by atoms with E-state index in [2.05, 4.69) is 15.5 Å². The summed E-state index contributed by atoms with van der Waals surface area (Å²) in [6.45, 7) is 2.91. The summed E-state index contributed by atoms with van der Waals surface area (Å²) in [5, 5.41) is 15.5. The predicted molar refractivity (Wildman–Crippen MR) is 132 cm³/mol. The van der Waals surface area contributed by atoms with Crippen molar-refractivity contribution in [3.8, 4) is 5.75 Å². The van der Waals surface area contributed by atoms with Crippen molar-refractivity contribution in [2.45, 2.75) is 37.1 Å². The number of hydrogen-bond acceptors (Lipinski definition) is 6. The van der Waals surface area contributed by atoms with Gasteiger partial charge in [-0.05, 0) is 55.9 Å². The lowest BCUT2D eigenvalue weighted by atomic mass is 9.84. The summed E-state index contributed by atoms with van der Waals surface area (Å²) in [6, 6.07) is 10.5. The Kier molecular flexibility index (Phi) is 7.08. The Morgan fingerprint density at radius 1 is 1.06 bits per heavy atom. The highest BCUT2D eigenvalue weighted by Crippen LogP contribution is 2.47. The molecule has 2 saturated heterocycles. The van der Waals surface area contributed by atoms with Gasteiger partial charge >= 0.3 is 6.03 Å². The number of ether oxygens (including phenoxy) is 2. The SMILES string of the molecule is CN1CCN(C(=O)C[C@H]2C[C@@H]3c4cc(NC(=O)Nc5ccc(F)cc5)ccc4O[C@@H]3[C@@H](CO)O2)CC1. The number of aliphatic hydroxyl groups excluding tert-OH is 1. The van der Waals surface area contributed by atoms with Crippen molar-refractivity contribution in [2.75, 3.05) is 50.5 Å². The number of halogens is 1. The number of anilines is 2. The van der Waals surface area contributed by atoms with Gasteiger partial charge in [-0.1, -0.05) is 0 Å². The fourth-order valence-corrected chi connectivity index (χ4v) is 5.17. The van der Waals surface area contributed by atoms with Crippen molar-refractivity contribution in [1.29, 1.82) is 0 Å². The fraction of sp³-hybridized carbons (Fsp3) is 0.462. The first-order valence-corrected chi connectivity index (χ1v) is 12.3. The molecule has 0 aliphatic carbocycles. The van der Waals surface area contributed by atoms with Crippen molar-refractivity contribution < 1.29 is 28.6 Å². The van der Waals surface area contributed by atoms with E-state index in [0.717, 1.165) is 18.7 Å². The van der Waals surface area contributed by atoms with Gasteiger partial charge in [-0.15, -0.1) is 0 Å². The minimum Gasteiger partial charge on any atom is -0.487 e. The molecule has 3 aliphatic rings. The molecular weight excluding hydrogens is 467 g/mol. The van der Waals surface area contributed by atoms with Crippen molar-refractivity contribution in [2.24, 2.45) is 0 Å². The summed E-state index contributed by atoms with van der Waals surface area (Å²) < 4.78 is 25.3. The summed E-state index contributed by atoms with van der Waals surface area (Å²) in [7, 11) is 2.05. The third-order valence-electron chi connectivity index (χ3n) is 7.12. The minimum absolute atomic E-state index is 0.0651. The number of carbonyl (C=O) groups excluding carboxylic acids is 2. The maximum Gasteiger partial charge on any atom is 0.323 e. The molecular formula is C26H31FN4O5. The molecule has 10 heteroatoms. The highest BCUT2D eigenvalue weighted by Gasteiger charge is 2.46. The van der Waals surface area contributed by atoms with E-state index in [-0.39, 0.29) is 42.9 Å². The molecule has 3 aliphatic heterocycles. The number of carbonyl (C=O) groups is 2. The molecule has 2 aromatic rings. The number of benzene rings is 2.